The van der Waals surface area contributed by atoms with E-state index in [-0.39, 0.29) is 17.1 Å². The maximum Gasteiger partial charge on any atom is 0.405 e. The maximum absolute atomic E-state index is 12.1. The fraction of sp³-hybridized carbons (Fsp3) is 0.400. The molecule has 0 saturated heterocycles. The van der Waals surface area contributed by atoms with Gasteiger partial charge in [-0.2, -0.15) is 13.2 Å². The first-order chi connectivity index (χ1) is 8.26. The third kappa shape index (κ3) is 4.19. The van der Waals surface area contributed by atoms with Gasteiger partial charge in [0.2, 0.25) is 10.0 Å². The minimum atomic E-state index is -4.41. The normalized spacial score (nSPS) is 12.4. The van der Waals surface area contributed by atoms with Crippen molar-refractivity contribution >= 4 is 15.7 Å². The van der Waals surface area contributed by atoms with Crippen LogP contribution in [0, 0.1) is 0 Å². The fourth-order valence-electron chi connectivity index (χ4n) is 1.31. The molecule has 2 N–H and O–H groups in total. The van der Waals surface area contributed by atoms with E-state index in [0.29, 0.717) is 0 Å². The zero-order valence-electron chi connectivity index (χ0n) is 9.58. The summed E-state index contributed by atoms with van der Waals surface area (Å²) in [5, 5.41) is 2.07. The van der Waals surface area contributed by atoms with E-state index in [1.54, 1.807) is 6.92 Å². The van der Waals surface area contributed by atoms with Crippen LogP contribution < -0.4 is 10.0 Å². The van der Waals surface area contributed by atoms with Crippen LogP contribution in [0.3, 0.4) is 0 Å². The molecule has 0 unspecified atom stereocenters. The smallest absolute Gasteiger partial charge is 0.375 e. The summed E-state index contributed by atoms with van der Waals surface area (Å²) in [4.78, 5) is -0.198. The lowest BCUT2D eigenvalue weighted by atomic mass is 10.3. The summed E-state index contributed by atoms with van der Waals surface area (Å²) in [5.74, 6) is 0. The summed E-state index contributed by atoms with van der Waals surface area (Å²) in [5.41, 5.74) is -0.0734. The summed E-state index contributed by atoms with van der Waals surface area (Å²) in [7, 11) is -3.79. The van der Waals surface area contributed by atoms with Crippen molar-refractivity contribution in [2.24, 2.45) is 0 Å². The van der Waals surface area contributed by atoms with E-state index < -0.39 is 22.7 Å². The van der Waals surface area contributed by atoms with Gasteiger partial charge in [-0.1, -0.05) is 19.1 Å². The molecule has 0 heterocycles. The molecule has 0 spiro atoms. The molecule has 1 rings (SSSR count). The summed E-state index contributed by atoms with van der Waals surface area (Å²) in [6.07, 6.45) is -4.41. The number of para-hydroxylation sites is 1. The van der Waals surface area contributed by atoms with Gasteiger partial charge in [0.15, 0.2) is 0 Å². The molecule has 18 heavy (non-hydrogen) atoms. The zero-order valence-corrected chi connectivity index (χ0v) is 10.4. The highest BCUT2D eigenvalue weighted by atomic mass is 32.2. The highest BCUT2D eigenvalue weighted by Gasteiger charge is 2.28. The van der Waals surface area contributed by atoms with Gasteiger partial charge in [0.05, 0.1) is 5.69 Å². The van der Waals surface area contributed by atoms with Gasteiger partial charge in [-0.15, -0.1) is 0 Å². The Labute approximate surface area is 103 Å². The lowest BCUT2D eigenvalue weighted by Gasteiger charge is -2.13. The van der Waals surface area contributed by atoms with Gasteiger partial charge in [-0.3, -0.25) is 0 Å². The summed E-state index contributed by atoms with van der Waals surface area (Å²) >= 11 is 0. The molecule has 102 valence electrons. The van der Waals surface area contributed by atoms with Crippen molar-refractivity contribution in [3.63, 3.8) is 0 Å². The average molecular weight is 282 g/mol. The Balaban J connectivity index is 3.00. The number of benzene rings is 1. The first kappa shape index (κ1) is 14.8. The quantitative estimate of drug-likeness (QED) is 0.868. The molecule has 0 aliphatic carbocycles. The molecule has 1 aromatic carbocycles. The second-order valence-electron chi connectivity index (χ2n) is 3.47. The first-order valence-corrected chi connectivity index (χ1v) is 6.64. The van der Waals surface area contributed by atoms with Crippen LogP contribution in [0.1, 0.15) is 6.92 Å². The molecule has 0 amide bonds. The van der Waals surface area contributed by atoms with Crippen molar-refractivity contribution in [3.05, 3.63) is 24.3 Å². The highest BCUT2D eigenvalue weighted by Crippen LogP contribution is 2.22. The second-order valence-corrected chi connectivity index (χ2v) is 5.20. The van der Waals surface area contributed by atoms with Crippen molar-refractivity contribution < 1.29 is 21.6 Å². The van der Waals surface area contributed by atoms with E-state index in [9.17, 15) is 21.6 Å². The SMILES string of the molecule is CCNS(=O)(=O)c1ccccc1NCC(F)(F)F. The minimum absolute atomic E-state index is 0.0734. The van der Waals surface area contributed by atoms with Gasteiger partial charge in [-0.05, 0) is 12.1 Å². The second kappa shape index (κ2) is 5.57. The Bertz CT molecular complexity index is 500. The Morgan fingerprint density at radius 1 is 1.22 bits per heavy atom. The van der Waals surface area contributed by atoms with Crippen LogP contribution in [0.4, 0.5) is 18.9 Å². The van der Waals surface area contributed by atoms with E-state index in [1.807, 2.05) is 0 Å². The number of alkyl halides is 3. The molecule has 4 nitrogen and oxygen atoms in total. The largest absolute Gasteiger partial charge is 0.405 e. The number of anilines is 1. The highest BCUT2D eigenvalue weighted by molar-refractivity contribution is 7.89. The molecular formula is C10H13F3N2O2S. The van der Waals surface area contributed by atoms with Crippen molar-refractivity contribution in [2.75, 3.05) is 18.4 Å². The molecule has 0 aliphatic heterocycles. The van der Waals surface area contributed by atoms with Crippen molar-refractivity contribution in [3.8, 4) is 0 Å². The van der Waals surface area contributed by atoms with E-state index >= 15 is 0 Å². The van der Waals surface area contributed by atoms with Crippen molar-refractivity contribution in [2.45, 2.75) is 18.0 Å². The lowest BCUT2D eigenvalue weighted by Crippen LogP contribution is -2.26. The third-order valence-electron chi connectivity index (χ3n) is 1.99. The van der Waals surface area contributed by atoms with Crippen LogP contribution in [0.2, 0.25) is 0 Å². The predicted octanol–water partition coefficient (Wildman–Crippen LogP) is 1.96. The molecule has 1 aromatic rings. The van der Waals surface area contributed by atoms with Gasteiger partial charge in [-0.25, -0.2) is 13.1 Å². The molecule has 0 aromatic heterocycles. The average Bonchev–Trinajstić information content (AvgIpc) is 2.26. The van der Waals surface area contributed by atoms with E-state index in [1.165, 1.54) is 24.3 Å². The summed E-state index contributed by atoms with van der Waals surface area (Å²) in [6, 6.07) is 5.44. The molecule has 0 bridgehead atoms. The molecule has 0 saturated carbocycles. The van der Waals surface area contributed by atoms with Crippen LogP contribution >= 0.6 is 0 Å². The maximum atomic E-state index is 12.1. The summed E-state index contributed by atoms with van der Waals surface area (Å²) in [6.45, 7) is 0.463. The standard InChI is InChI=1S/C10H13F3N2O2S/c1-2-15-18(16,17)9-6-4-3-5-8(9)14-7-10(11,12)13/h3-6,14-15H,2,7H2,1H3. The minimum Gasteiger partial charge on any atom is -0.375 e. The van der Waals surface area contributed by atoms with Gasteiger partial charge in [0.25, 0.3) is 0 Å². The zero-order chi connectivity index (χ0) is 13.8. The van der Waals surface area contributed by atoms with E-state index in [0.717, 1.165) is 0 Å². The summed E-state index contributed by atoms with van der Waals surface area (Å²) < 4.78 is 62.0. The lowest BCUT2D eigenvalue weighted by molar-refractivity contribution is -0.115. The van der Waals surface area contributed by atoms with Crippen LogP contribution in [-0.4, -0.2) is 27.7 Å². The van der Waals surface area contributed by atoms with Crippen LogP contribution in [0.25, 0.3) is 0 Å². The fourth-order valence-corrected chi connectivity index (χ4v) is 2.53. The molecule has 0 aliphatic rings. The Morgan fingerprint density at radius 2 is 1.83 bits per heavy atom. The number of halogens is 3. The van der Waals surface area contributed by atoms with Gasteiger partial charge in [0.1, 0.15) is 11.4 Å². The molecule has 0 radical (unpaired) electrons. The molecular weight excluding hydrogens is 269 g/mol. The van der Waals surface area contributed by atoms with E-state index in [4.69, 9.17) is 0 Å². The van der Waals surface area contributed by atoms with Crippen LogP contribution in [-0.2, 0) is 10.0 Å². The van der Waals surface area contributed by atoms with Gasteiger partial charge in [0, 0.05) is 6.54 Å². The van der Waals surface area contributed by atoms with Crippen molar-refractivity contribution in [1.82, 2.24) is 4.72 Å². The number of hydrogen-bond donors (Lipinski definition) is 2. The predicted molar refractivity (Wildman–Crippen MR) is 61.8 cm³/mol. The number of nitrogens with one attached hydrogen (secondary N) is 2. The van der Waals surface area contributed by atoms with Crippen molar-refractivity contribution in [1.29, 1.82) is 0 Å². The van der Waals surface area contributed by atoms with Gasteiger partial charge >= 0.3 is 6.18 Å². The Kier molecular flexibility index (Phi) is 4.58. The Hall–Kier alpha value is -1.28. The Morgan fingerprint density at radius 3 is 2.39 bits per heavy atom. The number of rotatable bonds is 5. The molecule has 0 fully saturated rings. The number of sulfonamides is 1. The van der Waals surface area contributed by atoms with Crippen LogP contribution in [0.5, 0.6) is 0 Å². The topological polar surface area (TPSA) is 58.2 Å². The number of hydrogen-bond acceptors (Lipinski definition) is 3. The monoisotopic (exact) mass is 282 g/mol. The van der Waals surface area contributed by atoms with Gasteiger partial charge < -0.3 is 5.32 Å². The molecule has 0 atom stereocenters. The van der Waals surface area contributed by atoms with E-state index in [2.05, 4.69) is 10.0 Å². The van der Waals surface area contributed by atoms with Crippen LogP contribution in [0.15, 0.2) is 29.2 Å². The first-order valence-electron chi connectivity index (χ1n) is 5.15. The third-order valence-corrected chi connectivity index (χ3v) is 3.59. The molecule has 8 heteroatoms.